The highest BCUT2D eigenvalue weighted by molar-refractivity contribution is 7.89. The molecule has 0 aliphatic heterocycles. The first-order valence-corrected chi connectivity index (χ1v) is 8.10. The molecule has 0 radical (unpaired) electrons. The summed E-state index contributed by atoms with van der Waals surface area (Å²) in [6.07, 6.45) is 2.57. The Morgan fingerprint density at radius 2 is 1.90 bits per heavy atom. The molecule has 0 saturated heterocycles. The van der Waals surface area contributed by atoms with Crippen LogP contribution in [0.5, 0.6) is 0 Å². The van der Waals surface area contributed by atoms with Crippen LogP contribution in [0.25, 0.3) is 0 Å². The highest BCUT2D eigenvalue weighted by Gasteiger charge is 2.38. The number of aryl methyl sites for hydroxylation is 1. The normalized spacial score (nSPS) is 16.9. The number of hydrogen-bond donors (Lipinski definition) is 2. The molecule has 0 heterocycles. The fraction of sp³-hybridized carbons (Fsp3) is 0.500. The zero-order chi connectivity index (χ0) is 14.8. The van der Waals surface area contributed by atoms with E-state index in [0.29, 0.717) is 13.0 Å². The van der Waals surface area contributed by atoms with Gasteiger partial charge < -0.3 is 5.11 Å². The Morgan fingerprint density at radius 1 is 1.30 bits per heavy atom. The van der Waals surface area contributed by atoms with E-state index in [4.69, 9.17) is 5.11 Å². The average Bonchev–Trinajstić information content (AvgIpc) is 3.13. The SMILES string of the molecule is CC1(CNS(=O)(=O)c2ccc(CCC(=O)O)cc2)CC1. The van der Waals surface area contributed by atoms with Crippen LogP contribution in [-0.4, -0.2) is 26.0 Å². The molecule has 1 saturated carbocycles. The molecule has 1 fully saturated rings. The molecule has 0 aromatic heterocycles. The van der Waals surface area contributed by atoms with Crippen LogP contribution in [0.1, 0.15) is 31.7 Å². The first kappa shape index (κ1) is 15.0. The van der Waals surface area contributed by atoms with E-state index < -0.39 is 16.0 Å². The van der Waals surface area contributed by atoms with Crippen LogP contribution in [0.2, 0.25) is 0 Å². The third kappa shape index (κ3) is 4.05. The maximum Gasteiger partial charge on any atom is 0.303 e. The highest BCUT2D eigenvalue weighted by Crippen LogP contribution is 2.44. The Morgan fingerprint density at radius 3 is 2.40 bits per heavy atom. The van der Waals surface area contributed by atoms with E-state index in [9.17, 15) is 13.2 Å². The summed E-state index contributed by atoms with van der Waals surface area (Å²) in [5.74, 6) is -0.860. The van der Waals surface area contributed by atoms with E-state index in [0.717, 1.165) is 18.4 Å². The second-order valence-corrected chi connectivity index (χ2v) is 7.44. The van der Waals surface area contributed by atoms with Crippen molar-refractivity contribution in [3.05, 3.63) is 29.8 Å². The van der Waals surface area contributed by atoms with Gasteiger partial charge in [-0.1, -0.05) is 19.1 Å². The Balaban J connectivity index is 1.98. The predicted molar refractivity (Wildman–Crippen MR) is 74.9 cm³/mol. The summed E-state index contributed by atoms with van der Waals surface area (Å²) < 4.78 is 26.8. The summed E-state index contributed by atoms with van der Waals surface area (Å²) in [6, 6.07) is 6.37. The third-order valence-corrected chi connectivity index (χ3v) is 5.07. The number of hydrogen-bond acceptors (Lipinski definition) is 3. The van der Waals surface area contributed by atoms with Gasteiger partial charge >= 0.3 is 5.97 Å². The maximum absolute atomic E-state index is 12.1. The number of sulfonamides is 1. The lowest BCUT2D eigenvalue weighted by atomic mass is 10.1. The van der Waals surface area contributed by atoms with Crippen molar-refractivity contribution in [1.82, 2.24) is 4.72 Å². The van der Waals surface area contributed by atoms with Crippen molar-refractivity contribution in [3.63, 3.8) is 0 Å². The minimum atomic E-state index is -3.47. The van der Waals surface area contributed by atoms with Crippen LogP contribution in [0.4, 0.5) is 0 Å². The van der Waals surface area contributed by atoms with Crippen molar-refractivity contribution < 1.29 is 18.3 Å². The molecule has 6 heteroatoms. The fourth-order valence-corrected chi connectivity index (χ4v) is 3.03. The minimum Gasteiger partial charge on any atom is -0.481 e. The van der Waals surface area contributed by atoms with Gasteiger partial charge in [0.2, 0.25) is 10.0 Å². The molecule has 1 aliphatic carbocycles. The van der Waals surface area contributed by atoms with Crippen LogP contribution in [0, 0.1) is 5.41 Å². The molecular weight excluding hydrogens is 278 g/mol. The predicted octanol–water partition coefficient (Wildman–Crippen LogP) is 1.78. The molecule has 5 nitrogen and oxygen atoms in total. The zero-order valence-corrected chi connectivity index (χ0v) is 12.2. The number of carbonyl (C=O) groups is 1. The number of carboxylic acid groups (broad SMARTS) is 1. The van der Waals surface area contributed by atoms with E-state index in [1.165, 1.54) is 12.1 Å². The molecule has 0 amide bonds. The number of carboxylic acids is 1. The van der Waals surface area contributed by atoms with Crippen LogP contribution < -0.4 is 4.72 Å². The summed E-state index contributed by atoms with van der Waals surface area (Å²) in [5.41, 5.74) is 0.939. The van der Waals surface area contributed by atoms with E-state index >= 15 is 0 Å². The molecular formula is C14H19NO4S. The number of nitrogens with one attached hydrogen (secondary N) is 1. The largest absolute Gasteiger partial charge is 0.481 e. The molecule has 1 aromatic carbocycles. The van der Waals surface area contributed by atoms with Crippen molar-refractivity contribution in [1.29, 1.82) is 0 Å². The minimum absolute atomic E-state index is 0.0443. The fourth-order valence-electron chi connectivity index (χ4n) is 1.83. The van der Waals surface area contributed by atoms with Gasteiger partial charge in [0.05, 0.1) is 4.90 Å². The Labute approximate surface area is 119 Å². The summed E-state index contributed by atoms with van der Waals surface area (Å²) >= 11 is 0. The molecule has 1 aromatic rings. The van der Waals surface area contributed by atoms with Gasteiger partial charge in [-0.3, -0.25) is 4.79 Å². The Kier molecular flexibility index (Phi) is 4.15. The number of aliphatic carboxylic acids is 1. The topological polar surface area (TPSA) is 83.5 Å². The summed E-state index contributed by atoms with van der Waals surface area (Å²) in [5, 5.41) is 8.60. The smallest absolute Gasteiger partial charge is 0.303 e. The van der Waals surface area contributed by atoms with Crippen molar-refractivity contribution >= 4 is 16.0 Å². The van der Waals surface area contributed by atoms with Gasteiger partial charge in [0.1, 0.15) is 0 Å². The van der Waals surface area contributed by atoms with Crippen LogP contribution in [-0.2, 0) is 21.2 Å². The van der Waals surface area contributed by atoms with Gasteiger partial charge in [0.15, 0.2) is 0 Å². The Bertz CT molecular complexity index is 588. The molecule has 0 unspecified atom stereocenters. The molecule has 110 valence electrons. The van der Waals surface area contributed by atoms with Crippen molar-refractivity contribution in [2.24, 2.45) is 5.41 Å². The van der Waals surface area contributed by atoms with Crippen molar-refractivity contribution in [3.8, 4) is 0 Å². The summed E-state index contributed by atoms with van der Waals surface area (Å²) in [4.78, 5) is 10.7. The summed E-state index contributed by atoms with van der Waals surface area (Å²) in [6.45, 7) is 2.53. The van der Waals surface area contributed by atoms with Crippen molar-refractivity contribution in [2.75, 3.05) is 6.54 Å². The maximum atomic E-state index is 12.1. The molecule has 2 N–H and O–H groups in total. The molecule has 1 aliphatic rings. The third-order valence-electron chi connectivity index (χ3n) is 3.65. The lowest BCUT2D eigenvalue weighted by Crippen LogP contribution is -2.29. The molecule has 0 spiro atoms. The molecule has 2 rings (SSSR count). The second kappa shape index (κ2) is 5.54. The summed E-state index contributed by atoms with van der Waals surface area (Å²) in [7, 11) is -3.47. The average molecular weight is 297 g/mol. The quantitative estimate of drug-likeness (QED) is 0.803. The van der Waals surface area contributed by atoms with E-state index in [2.05, 4.69) is 11.6 Å². The number of rotatable bonds is 7. The van der Waals surface area contributed by atoms with Gasteiger partial charge in [0, 0.05) is 13.0 Å². The lowest BCUT2D eigenvalue weighted by molar-refractivity contribution is -0.136. The lowest BCUT2D eigenvalue weighted by Gasteiger charge is -2.11. The number of benzene rings is 1. The highest BCUT2D eigenvalue weighted by atomic mass is 32.2. The standard InChI is InChI=1S/C14H19NO4S/c1-14(8-9-14)10-15-20(18,19)12-5-2-11(3-6-12)4-7-13(16)17/h2-3,5-6,15H,4,7-10H2,1H3,(H,16,17). The van der Waals surface area contributed by atoms with Crippen LogP contribution >= 0.6 is 0 Å². The monoisotopic (exact) mass is 297 g/mol. The van der Waals surface area contributed by atoms with Crippen LogP contribution in [0.3, 0.4) is 0 Å². The van der Waals surface area contributed by atoms with Gasteiger partial charge in [-0.2, -0.15) is 0 Å². The van der Waals surface area contributed by atoms with Crippen molar-refractivity contribution in [2.45, 2.75) is 37.5 Å². The molecule has 0 atom stereocenters. The second-order valence-electron chi connectivity index (χ2n) is 5.67. The molecule has 0 bridgehead atoms. The first-order valence-electron chi connectivity index (χ1n) is 6.61. The van der Waals surface area contributed by atoms with E-state index in [1.54, 1.807) is 12.1 Å². The van der Waals surface area contributed by atoms with Crippen LogP contribution in [0.15, 0.2) is 29.2 Å². The molecule has 20 heavy (non-hydrogen) atoms. The van der Waals surface area contributed by atoms with E-state index in [-0.39, 0.29) is 16.7 Å². The first-order chi connectivity index (χ1) is 9.31. The van der Waals surface area contributed by atoms with Gasteiger partial charge in [-0.15, -0.1) is 0 Å². The zero-order valence-electron chi connectivity index (χ0n) is 11.4. The van der Waals surface area contributed by atoms with Gasteiger partial charge in [-0.05, 0) is 42.4 Å². The Hall–Kier alpha value is -1.40. The van der Waals surface area contributed by atoms with Gasteiger partial charge in [-0.25, -0.2) is 13.1 Å². The van der Waals surface area contributed by atoms with E-state index in [1.807, 2.05) is 0 Å². The van der Waals surface area contributed by atoms with Gasteiger partial charge in [0.25, 0.3) is 0 Å².